The Morgan fingerprint density at radius 2 is 1.06 bits per heavy atom. The zero-order valence-corrected chi connectivity index (χ0v) is 26.1. The molecule has 3 fully saturated rings. The van der Waals surface area contributed by atoms with Gasteiger partial charge in [0.15, 0.2) is 0 Å². The van der Waals surface area contributed by atoms with Gasteiger partial charge in [-0.1, -0.05) is 70.4 Å². The topological polar surface area (TPSA) is 0 Å². The second kappa shape index (κ2) is 13.2. The quantitative estimate of drug-likeness (QED) is 0.439. The van der Waals surface area contributed by atoms with Crippen molar-refractivity contribution in [1.82, 2.24) is 0 Å². The molecule has 3 aliphatic carbocycles. The smallest absolute Gasteiger partial charge is 0.328 e. The molecule has 3 saturated carbocycles. The zero-order valence-electron chi connectivity index (χ0n) is 21.2. The van der Waals surface area contributed by atoms with Crippen LogP contribution in [0.25, 0.3) is 0 Å². The van der Waals surface area contributed by atoms with Crippen LogP contribution in [0.4, 0.5) is 0 Å². The summed E-state index contributed by atoms with van der Waals surface area (Å²) >= 11 is 0. The summed E-state index contributed by atoms with van der Waals surface area (Å²) in [7, 11) is 0. The SMILES string of the molecule is Cc1c(CC2CC[CH-]CC2)ccc(CC2CCC(CC3CCC(C)CC3)CC2)c1C.[Rb+]. The van der Waals surface area contributed by atoms with E-state index >= 15 is 0 Å². The van der Waals surface area contributed by atoms with Crippen molar-refractivity contribution in [3.63, 3.8) is 0 Å². The van der Waals surface area contributed by atoms with Crippen molar-refractivity contribution in [1.29, 1.82) is 0 Å². The van der Waals surface area contributed by atoms with Crippen molar-refractivity contribution < 1.29 is 58.2 Å². The van der Waals surface area contributed by atoms with E-state index < -0.39 is 0 Å². The van der Waals surface area contributed by atoms with E-state index in [1.165, 1.54) is 89.9 Å². The molecule has 0 atom stereocenters. The first-order valence-corrected chi connectivity index (χ1v) is 13.5. The molecule has 0 aromatic heterocycles. The van der Waals surface area contributed by atoms with E-state index in [4.69, 9.17) is 0 Å². The van der Waals surface area contributed by atoms with Crippen molar-refractivity contribution in [2.45, 2.75) is 117 Å². The predicted octanol–water partition coefficient (Wildman–Crippen LogP) is 5.81. The van der Waals surface area contributed by atoms with Crippen molar-refractivity contribution in [2.24, 2.45) is 29.6 Å². The second-order valence-corrected chi connectivity index (χ2v) is 11.6. The number of benzene rings is 1. The summed E-state index contributed by atoms with van der Waals surface area (Å²) in [6.07, 6.45) is 24.2. The van der Waals surface area contributed by atoms with Crippen LogP contribution >= 0.6 is 0 Å². The maximum Gasteiger partial charge on any atom is 1.00 e. The normalized spacial score (nSPS) is 30.0. The van der Waals surface area contributed by atoms with Crippen LogP contribution < -0.4 is 58.2 Å². The summed E-state index contributed by atoms with van der Waals surface area (Å²) in [4.78, 5) is 0. The van der Waals surface area contributed by atoms with Crippen LogP contribution in [0.2, 0.25) is 0 Å². The van der Waals surface area contributed by atoms with E-state index in [1.54, 1.807) is 28.7 Å². The molecule has 0 N–H and O–H groups in total. The van der Waals surface area contributed by atoms with Crippen molar-refractivity contribution in [3.8, 4) is 0 Å². The van der Waals surface area contributed by atoms with Gasteiger partial charge in [0.25, 0.3) is 0 Å². The first-order valence-electron chi connectivity index (χ1n) is 13.5. The van der Waals surface area contributed by atoms with E-state index in [1.807, 2.05) is 0 Å². The Labute approximate surface area is 242 Å². The predicted molar refractivity (Wildman–Crippen MR) is 131 cm³/mol. The van der Waals surface area contributed by atoms with Gasteiger partial charge in [-0.3, -0.25) is 0 Å². The summed E-state index contributed by atoms with van der Waals surface area (Å²) < 4.78 is 0. The molecule has 0 spiro atoms. The average molecular weight is 493 g/mol. The molecule has 0 heterocycles. The van der Waals surface area contributed by atoms with Gasteiger partial charge in [0.1, 0.15) is 0 Å². The summed E-state index contributed by atoms with van der Waals surface area (Å²) in [6.45, 7) is 7.25. The second-order valence-electron chi connectivity index (χ2n) is 11.6. The molecule has 0 bridgehead atoms. The summed E-state index contributed by atoms with van der Waals surface area (Å²) in [5.41, 5.74) is 6.49. The molecule has 0 aliphatic heterocycles. The minimum absolute atomic E-state index is 0. The van der Waals surface area contributed by atoms with Gasteiger partial charge >= 0.3 is 58.2 Å². The number of rotatable bonds is 6. The molecule has 1 aromatic carbocycles. The van der Waals surface area contributed by atoms with Crippen molar-refractivity contribution in [2.75, 3.05) is 0 Å². The van der Waals surface area contributed by atoms with Gasteiger partial charge in [-0.15, -0.1) is 0 Å². The molecular formula is C30H47Rb. The molecule has 0 nitrogen and oxygen atoms in total. The number of hydrogen-bond acceptors (Lipinski definition) is 0. The molecule has 31 heavy (non-hydrogen) atoms. The van der Waals surface area contributed by atoms with Gasteiger partial charge in [-0.05, 0) is 97.8 Å². The fraction of sp³-hybridized carbons (Fsp3) is 0.767. The Bertz CT molecular complexity index is 655. The Morgan fingerprint density at radius 3 is 1.58 bits per heavy atom. The molecule has 0 amide bonds. The number of hydrogen-bond donors (Lipinski definition) is 0. The fourth-order valence-corrected chi connectivity index (χ4v) is 6.90. The minimum Gasteiger partial charge on any atom is -0.328 e. The van der Waals surface area contributed by atoms with Crippen LogP contribution in [0.15, 0.2) is 12.1 Å². The Kier molecular flexibility index (Phi) is 11.3. The minimum atomic E-state index is 0. The van der Waals surface area contributed by atoms with Crippen LogP contribution in [0.3, 0.4) is 0 Å². The molecule has 1 heteroatoms. The molecule has 3 aliphatic rings. The van der Waals surface area contributed by atoms with E-state index in [9.17, 15) is 0 Å². The monoisotopic (exact) mass is 492 g/mol. The third-order valence-electron chi connectivity index (χ3n) is 9.36. The van der Waals surface area contributed by atoms with Gasteiger partial charge in [0.2, 0.25) is 0 Å². The van der Waals surface area contributed by atoms with Crippen molar-refractivity contribution >= 4 is 0 Å². The van der Waals surface area contributed by atoms with Gasteiger partial charge < -0.3 is 6.42 Å². The third kappa shape index (κ3) is 7.76. The maximum atomic E-state index is 2.50. The molecule has 0 saturated heterocycles. The molecular weight excluding hydrogens is 446 g/mol. The van der Waals surface area contributed by atoms with E-state index in [0.29, 0.717) is 0 Å². The Morgan fingerprint density at radius 1 is 0.645 bits per heavy atom. The van der Waals surface area contributed by atoms with Gasteiger partial charge in [0.05, 0.1) is 0 Å². The summed E-state index contributed by atoms with van der Waals surface area (Å²) in [6, 6.07) is 4.99. The fourth-order valence-electron chi connectivity index (χ4n) is 6.90. The largest absolute Gasteiger partial charge is 1.00 e. The molecule has 168 valence electrons. The first kappa shape index (κ1) is 26.6. The van der Waals surface area contributed by atoms with E-state index in [0.717, 1.165) is 29.6 Å². The van der Waals surface area contributed by atoms with Crippen LogP contribution in [0.5, 0.6) is 0 Å². The Balaban J connectivity index is 0.00000272. The Hall–Kier alpha value is 1.03. The van der Waals surface area contributed by atoms with Gasteiger partial charge in [0, 0.05) is 0 Å². The molecule has 4 rings (SSSR count). The van der Waals surface area contributed by atoms with Crippen LogP contribution in [-0.4, -0.2) is 0 Å². The van der Waals surface area contributed by atoms with Gasteiger partial charge in [-0.25, -0.2) is 0 Å². The average Bonchev–Trinajstić information content (AvgIpc) is 2.77. The summed E-state index contributed by atoms with van der Waals surface area (Å²) in [5, 5.41) is 0. The zero-order chi connectivity index (χ0) is 20.9. The van der Waals surface area contributed by atoms with Crippen LogP contribution in [-0.2, 0) is 12.8 Å². The van der Waals surface area contributed by atoms with E-state index in [-0.39, 0.29) is 58.2 Å². The van der Waals surface area contributed by atoms with E-state index in [2.05, 4.69) is 39.3 Å². The van der Waals surface area contributed by atoms with Crippen LogP contribution in [0.1, 0.15) is 113 Å². The molecule has 1 aromatic rings. The van der Waals surface area contributed by atoms with Gasteiger partial charge in [-0.2, -0.15) is 12.8 Å². The van der Waals surface area contributed by atoms with Crippen molar-refractivity contribution in [3.05, 3.63) is 40.8 Å². The van der Waals surface area contributed by atoms with Crippen LogP contribution in [0, 0.1) is 49.9 Å². The molecule has 0 unspecified atom stereocenters. The molecule has 0 radical (unpaired) electrons. The standard InChI is InChI=1S/C30H47.Rb/c1-22-9-11-26(12-10-22)19-27-13-15-28(16-14-27)21-30-18-17-29(23(2)24(30)3)20-25-7-5-4-6-8-25;/h4,17-18,22,25-28H,5-16,19-21H2,1-3H3;/q-1;+1. The summed E-state index contributed by atoms with van der Waals surface area (Å²) in [5.74, 6) is 4.95. The first-order chi connectivity index (χ1) is 14.6. The third-order valence-corrected chi connectivity index (χ3v) is 9.36. The maximum absolute atomic E-state index is 2.50.